The highest BCUT2D eigenvalue weighted by Crippen LogP contribution is 2.25. The molecule has 28 nitrogen and oxygen atoms in total. The van der Waals surface area contributed by atoms with E-state index in [9.17, 15) is 78.0 Å². The first-order valence-electron chi connectivity index (χ1n) is 38.4. The third-order valence-electron chi connectivity index (χ3n) is 18.9. The number of amides is 6. The van der Waals surface area contributed by atoms with Crippen LogP contribution in [0.4, 0.5) is 0 Å². The average molecular weight is 1500 g/mol. The van der Waals surface area contributed by atoms with Gasteiger partial charge in [0.15, 0.2) is 34.9 Å². The van der Waals surface area contributed by atoms with Gasteiger partial charge in [-0.15, -0.1) is 0 Å². The van der Waals surface area contributed by atoms with Crippen LogP contribution in [-0.2, 0) is 64.0 Å². The molecular weight excluding hydrogens is 1370 g/mol. The van der Waals surface area contributed by atoms with Crippen LogP contribution in [0.25, 0.3) is 0 Å². The van der Waals surface area contributed by atoms with Crippen LogP contribution in [0.3, 0.4) is 0 Å². The third-order valence-corrected chi connectivity index (χ3v) is 19.5. The number of carbonyl (C=O) groups excluding carboxylic acids is 11. The van der Waals surface area contributed by atoms with Gasteiger partial charge in [0.2, 0.25) is 35.4 Å². The molecule has 21 N–H and O–H groups in total. The number of aliphatic hydroxyl groups excluding tert-OH is 2. The van der Waals surface area contributed by atoms with Gasteiger partial charge in [-0.25, -0.2) is 0 Å². The highest BCUT2D eigenvalue weighted by Gasteiger charge is 2.38. The number of phenolic OH excluding ortho intramolecular Hbond substituents is 1. The number of unbranched alkanes of at least 4 members (excludes halogenated alkanes) is 15. The first-order chi connectivity index (χ1) is 50.0. The fourth-order valence-corrected chi connectivity index (χ4v) is 13.2. The van der Waals surface area contributed by atoms with E-state index < -0.39 is 163 Å². The van der Waals surface area contributed by atoms with Crippen LogP contribution >= 0.6 is 11.8 Å². The number of ketones is 5. The topological polar surface area (TPSA) is 514 Å². The number of hydrogen-bond donors (Lipinski definition) is 15. The highest BCUT2D eigenvalue weighted by molar-refractivity contribution is 7.98. The van der Waals surface area contributed by atoms with Crippen LogP contribution in [0.1, 0.15) is 245 Å². The molecule has 105 heavy (non-hydrogen) atoms. The Labute approximate surface area is 627 Å². The van der Waals surface area contributed by atoms with Crippen molar-refractivity contribution in [3.63, 3.8) is 0 Å². The lowest BCUT2D eigenvalue weighted by atomic mass is 9.88. The van der Waals surface area contributed by atoms with Crippen molar-refractivity contribution in [3.05, 3.63) is 29.8 Å². The molecule has 0 saturated carbocycles. The molecule has 0 saturated heterocycles. The average Bonchev–Trinajstić information content (AvgIpc) is 0.858. The predicted molar refractivity (Wildman–Crippen MR) is 409 cm³/mol. The fraction of sp³-hybridized carbons (Fsp3) is 0.750. The van der Waals surface area contributed by atoms with Crippen LogP contribution in [0.2, 0.25) is 0 Å². The summed E-state index contributed by atoms with van der Waals surface area (Å²) < 4.78 is 0. The Bertz CT molecular complexity index is 2790. The summed E-state index contributed by atoms with van der Waals surface area (Å²) in [7, 11) is 0. The van der Waals surface area contributed by atoms with Gasteiger partial charge in [-0.3, -0.25) is 62.5 Å². The summed E-state index contributed by atoms with van der Waals surface area (Å²) in [6.07, 6.45) is 15.7. The Morgan fingerprint density at radius 1 is 0.476 bits per heavy atom. The van der Waals surface area contributed by atoms with Gasteiger partial charge in [0.25, 0.3) is 0 Å². The Kier molecular flexibility index (Phi) is 52.4. The molecule has 0 aliphatic carbocycles. The second-order valence-electron chi connectivity index (χ2n) is 28.6. The first kappa shape index (κ1) is 96.1. The van der Waals surface area contributed by atoms with Crippen LogP contribution < -0.4 is 61.0 Å². The van der Waals surface area contributed by atoms with E-state index in [1.165, 1.54) is 88.6 Å². The van der Waals surface area contributed by atoms with Crippen molar-refractivity contribution in [2.75, 3.05) is 44.8 Å². The van der Waals surface area contributed by atoms with Crippen LogP contribution in [0.5, 0.6) is 5.75 Å². The molecule has 29 heteroatoms. The lowest BCUT2D eigenvalue weighted by Gasteiger charge is -2.27. The van der Waals surface area contributed by atoms with Gasteiger partial charge in [0.05, 0.1) is 43.2 Å². The summed E-state index contributed by atoms with van der Waals surface area (Å²) in [6, 6.07) is -0.799. The molecule has 0 heterocycles. The van der Waals surface area contributed by atoms with E-state index in [1.807, 2.05) is 13.8 Å². The number of phenols is 1. The number of hydrogen-bond acceptors (Lipinski definition) is 20. The molecule has 0 aliphatic rings. The zero-order valence-corrected chi connectivity index (χ0v) is 64.3. The van der Waals surface area contributed by atoms with E-state index in [-0.39, 0.29) is 106 Å². The number of Topliss-reactive ketones (excluding diaryl/α,β-unsaturated/α-hetero) is 5. The van der Waals surface area contributed by atoms with Crippen molar-refractivity contribution >= 4 is 88.1 Å². The summed E-state index contributed by atoms with van der Waals surface area (Å²) in [5.74, 6) is -15.4. The minimum absolute atomic E-state index is 0.000852. The van der Waals surface area contributed by atoms with Crippen molar-refractivity contribution in [1.82, 2.24) is 26.6 Å². The molecule has 1 aromatic rings. The number of guanidine groups is 1. The van der Waals surface area contributed by atoms with E-state index in [2.05, 4.69) is 38.5 Å². The predicted octanol–water partition coefficient (Wildman–Crippen LogP) is 5.29. The number of benzene rings is 1. The number of carboxylic acids is 1. The van der Waals surface area contributed by atoms with Crippen molar-refractivity contribution < 1.29 is 78.0 Å². The number of nitrogens with zero attached hydrogens (tertiary/aromatic N) is 1. The Morgan fingerprint density at radius 3 is 1.36 bits per heavy atom. The lowest BCUT2D eigenvalue weighted by Crippen LogP contribution is -2.52. The maximum atomic E-state index is 14.6. The number of aromatic hydroxyl groups is 1. The number of nitrogens with two attached hydrogens (primary N) is 6. The van der Waals surface area contributed by atoms with Crippen LogP contribution in [-0.4, -0.2) is 178 Å². The standard InChI is InChI=1S/C76H132N12O16S/c1-6-7-8-9-10-11-12-13-14-15-16-17-18-30-68(97)84-59(28-20-23-37-78)63(92)43-53(26-19-22-36-77)72(101)86-61(41-50(2)3)65(94)44-54(27-25-39-83-76(81)82)73(102)87-62(49-89)66(95)45-55(35-40-105-5)74(103)88-70(51(4)90)67(96)47-57(48-69(98)99)75(104)85-60(29-21-24-38-79)64(93)46-56(71(80)100)42-52-31-33-58(91)34-32-52/h31-34,50-51,53-57,59-62,70,89-91H,6-30,35-49,77-79H2,1-5H3,(H2,80,100)(H,84,97)(H,85,104)(H,86,101)(H,87,102)(H,88,103)(H,98,99)(H4,81,82,83)/t51-,53-,54-,55-,56-,57+,59+,60+,61+,62+,70+/m1/s1. The van der Waals surface area contributed by atoms with E-state index in [0.717, 1.165) is 19.3 Å². The summed E-state index contributed by atoms with van der Waals surface area (Å²) in [4.78, 5) is 171. The molecule has 598 valence electrons. The molecule has 0 unspecified atom stereocenters. The number of aliphatic imine (C=N–C) groups is 1. The molecule has 0 fully saturated rings. The Morgan fingerprint density at radius 2 is 0.895 bits per heavy atom. The molecule has 0 spiro atoms. The zero-order chi connectivity index (χ0) is 78.7. The van der Waals surface area contributed by atoms with Crippen LogP contribution in [0, 0.1) is 35.5 Å². The largest absolute Gasteiger partial charge is 0.508 e. The van der Waals surface area contributed by atoms with Gasteiger partial charge >= 0.3 is 5.97 Å². The second kappa shape index (κ2) is 57.3. The quantitative estimate of drug-likeness (QED) is 0.0224. The summed E-state index contributed by atoms with van der Waals surface area (Å²) in [6.45, 7) is 7.11. The summed E-state index contributed by atoms with van der Waals surface area (Å²) in [5, 5.41) is 54.8. The normalized spacial score (nSPS) is 14.5. The Balaban J connectivity index is 3.44. The summed E-state index contributed by atoms with van der Waals surface area (Å²) in [5.41, 5.74) is 34.9. The molecule has 1 rings (SSSR count). The van der Waals surface area contributed by atoms with Crippen molar-refractivity contribution in [2.24, 2.45) is 74.9 Å². The van der Waals surface area contributed by atoms with E-state index in [4.69, 9.17) is 34.4 Å². The molecule has 6 amide bonds. The summed E-state index contributed by atoms with van der Waals surface area (Å²) >= 11 is 1.31. The smallest absolute Gasteiger partial charge is 0.304 e. The second-order valence-corrected chi connectivity index (χ2v) is 29.6. The van der Waals surface area contributed by atoms with E-state index in [0.29, 0.717) is 70.0 Å². The molecule has 0 aliphatic heterocycles. The van der Waals surface area contributed by atoms with Gasteiger partial charge in [-0.05, 0) is 152 Å². The van der Waals surface area contributed by atoms with Crippen molar-refractivity contribution in [1.29, 1.82) is 0 Å². The lowest BCUT2D eigenvalue weighted by molar-refractivity contribution is -0.143. The molecule has 1 aromatic carbocycles. The van der Waals surface area contributed by atoms with Gasteiger partial charge < -0.3 is 81.4 Å². The van der Waals surface area contributed by atoms with E-state index in [1.54, 1.807) is 18.4 Å². The van der Waals surface area contributed by atoms with Gasteiger partial charge in [0, 0.05) is 68.7 Å². The Hall–Kier alpha value is -6.92. The van der Waals surface area contributed by atoms with Gasteiger partial charge in [-0.2, -0.15) is 11.8 Å². The highest BCUT2D eigenvalue weighted by atomic mass is 32.2. The maximum Gasteiger partial charge on any atom is 0.304 e. The van der Waals surface area contributed by atoms with Crippen molar-refractivity contribution in [3.8, 4) is 5.75 Å². The van der Waals surface area contributed by atoms with Gasteiger partial charge in [-0.1, -0.05) is 116 Å². The van der Waals surface area contributed by atoms with Gasteiger partial charge in [0.1, 0.15) is 17.8 Å². The zero-order valence-electron chi connectivity index (χ0n) is 63.5. The molecule has 0 bridgehead atoms. The number of rotatable bonds is 66. The number of nitrogens with one attached hydrogen (secondary N) is 5. The maximum absolute atomic E-state index is 14.6. The van der Waals surface area contributed by atoms with Crippen LogP contribution in [0.15, 0.2) is 29.3 Å². The minimum Gasteiger partial charge on any atom is -0.508 e. The SMILES string of the molecule is CCCCCCCCCCCCCCCC(=O)N[C@@H](CCCCN)C(=O)C[C@@H](CCCCN)C(=O)N[C@@H](CC(C)C)C(=O)C[C@@H](CCCN=C(N)N)C(=O)N[C@@H](CO)C(=O)C[C@@H](CCSC)C(=O)N[C@H](C(=O)C[C@@H](CC(=O)O)C(=O)N[C@@H](CCCCN)C(=O)C[C@@H](Cc1ccc(O)cc1)C(N)=O)[C@@H](C)O. The van der Waals surface area contributed by atoms with Crippen molar-refractivity contribution in [2.45, 2.75) is 282 Å². The fourth-order valence-electron chi connectivity index (χ4n) is 12.6. The van der Waals surface area contributed by atoms with E-state index >= 15 is 0 Å². The minimum atomic E-state index is -1.77. The molecule has 0 radical (unpaired) electrons. The number of aliphatic hydroxyl groups is 2. The molecule has 0 aromatic heterocycles. The number of carbonyl (C=O) groups is 12. The number of primary amides is 1. The monoisotopic (exact) mass is 1500 g/mol. The first-order valence-corrected chi connectivity index (χ1v) is 39.8. The number of aliphatic carboxylic acids is 1. The molecular formula is C76H132N12O16S. The third kappa shape index (κ3) is 43.5. The number of carboxylic acid groups (broad SMARTS) is 1. The number of thioether (sulfide) groups is 1. The molecule has 11 atom stereocenters.